The Bertz CT molecular complexity index is 1230. The molecular weight excluding hydrogens is 474 g/mol. The molecule has 0 amide bonds. The Morgan fingerprint density at radius 1 is 0.359 bits per heavy atom. The van der Waals surface area contributed by atoms with E-state index >= 15 is 0 Å². The van der Waals surface area contributed by atoms with E-state index in [2.05, 4.69) is 161 Å². The first kappa shape index (κ1) is 26.0. The van der Waals surface area contributed by atoms with Crippen molar-refractivity contribution in [1.29, 1.82) is 0 Å². The lowest BCUT2D eigenvalue weighted by Crippen LogP contribution is -2.43. The summed E-state index contributed by atoms with van der Waals surface area (Å²) in [6.07, 6.45) is 0. The molecule has 0 atom stereocenters. The molecule has 0 saturated carbocycles. The minimum Gasteiger partial charge on any atom is -0.334 e. The van der Waals surface area contributed by atoms with Crippen molar-refractivity contribution in [1.82, 2.24) is 9.80 Å². The summed E-state index contributed by atoms with van der Waals surface area (Å²) in [5.74, 6) is 0.999. The summed E-state index contributed by atoms with van der Waals surface area (Å²) in [7, 11) is 0. The summed E-state index contributed by atoms with van der Waals surface area (Å²) >= 11 is 0. The molecule has 0 N–H and O–H groups in total. The van der Waals surface area contributed by atoms with Gasteiger partial charge in [-0.3, -0.25) is 0 Å². The summed E-state index contributed by atoms with van der Waals surface area (Å²) in [5.41, 5.74) is 6.26. The van der Waals surface area contributed by atoms with E-state index in [1.165, 1.54) is 27.8 Å². The minimum atomic E-state index is 0.621. The molecule has 39 heavy (non-hydrogen) atoms. The van der Waals surface area contributed by atoms with Gasteiger partial charge in [-0.05, 0) is 27.8 Å². The second-order valence-corrected chi connectivity index (χ2v) is 9.76. The standard InChI is InChI=1S/C36H35N3/c1-6-16-31(17-7-1)26-37-36(38(27-32-18-8-2-9-19-32)28-33-20-10-3-11-21-33)39(29-34-22-12-4-13-23-34)30-35-24-14-5-15-25-35/h1-25H,26-30H2. The maximum atomic E-state index is 5.35. The molecule has 0 fully saturated rings. The normalized spacial score (nSPS) is 10.6. The number of aliphatic imine (C=N–C) groups is 1. The average molecular weight is 510 g/mol. The first-order valence-corrected chi connectivity index (χ1v) is 13.6. The molecule has 0 aliphatic rings. The SMILES string of the molecule is c1ccc(CN=C(N(Cc2ccccc2)Cc2ccccc2)N(Cc2ccccc2)Cc2ccccc2)cc1. The second-order valence-electron chi connectivity index (χ2n) is 9.76. The molecule has 0 aliphatic heterocycles. The number of guanidine groups is 1. The maximum absolute atomic E-state index is 5.35. The van der Waals surface area contributed by atoms with Crippen molar-refractivity contribution in [2.75, 3.05) is 0 Å². The van der Waals surface area contributed by atoms with Gasteiger partial charge in [-0.15, -0.1) is 0 Å². The van der Waals surface area contributed by atoms with Crippen LogP contribution in [0.2, 0.25) is 0 Å². The third kappa shape index (κ3) is 7.93. The van der Waals surface area contributed by atoms with Gasteiger partial charge in [-0.25, -0.2) is 4.99 Å². The highest BCUT2D eigenvalue weighted by molar-refractivity contribution is 5.80. The summed E-state index contributed by atoms with van der Waals surface area (Å²) < 4.78 is 0. The molecule has 194 valence electrons. The Balaban J connectivity index is 1.57. The highest BCUT2D eigenvalue weighted by Crippen LogP contribution is 2.19. The summed E-state index contributed by atoms with van der Waals surface area (Å²) in [6.45, 7) is 3.69. The molecule has 0 spiro atoms. The highest BCUT2D eigenvalue weighted by Gasteiger charge is 2.21. The van der Waals surface area contributed by atoms with Crippen molar-refractivity contribution < 1.29 is 0 Å². The summed E-state index contributed by atoms with van der Waals surface area (Å²) in [4.78, 5) is 10.2. The van der Waals surface area contributed by atoms with Crippen LogP contribution in [-0.2, 0) is 32.7 Å². The van der Waals surface area contributed by atoms with Crippen molar-refractivity contribution in [3.8, 4) is 0 Å². The largest absolute Gasteiger partial charge is 0.334 e. The van der Waals surface area contributed by atoms with E-state index in [1.807, 2.05) is 0 Å². The molecule has 0 radical (unpaired) electrons. The minimum absolute atomic E-state index is 0.621. The van der Waals surface area contributed by atoms with E-state index in [4.69, 9.17) is 4.99 Å². The topological polar surface area (TPSA) is 18.8 Å². The highest BCUT2D eigenvalue weighted by atomic mass is 15.4. The first-order chi connectivity index (χ1) is 19.3. The molecule has 3 nitrogen and oxygen atoms in total. The monoisotopic (exact) mass is 509 g/mol. The van der Waals surface area contributed by atoms with Gasteiger partial charge in [0, 0.05) is 26.2 Å². The quantitative estimate of drug-likeness (QED) is 0.141. The van der Waals surface area contributed by atoms with Gasteiger partial charge < -0.3 is 9.80 Å². The predicted molar refractivity (Wildman–Crippen MR) is 162 cm³/mol. The fourth-order valence-electron chi connectivity index (χ4n) is 4.76. The van der Waals surface area contributed by atoms with E-state index in [9.17, 15) is 0 Å². The molecule has 5 rings (SSSR count). The first-order valence-electron chi connectivity index (χ1n) is 13.6. The van der Waals surface area contributed by atoms with Crippen LogP contribution < -0.4 is 0 Å². The van der Waals surface area contributed by atoms with Crippen molar-refractivity contribution in [2.45, 2.75) is 32.7 Å². The second kappa shape index (κ2) is 13.8. The molecule has 0 saturated heterocycles. The van der Waals surface area contributed by atoms with Crippen molar-refractivity contribution in [2.24, 2.45) is 4.99 Å². The van der Waals surface area contributed by atoms with Crippen molar-refractivity contribution >= 4 is 5.96 Å². The van der Waals surface area contributed by atoms with Crippen LogP contribution in [0.4, 0.5) is 0 Å². The van der Waals surface area contributed by atoms with E-state index < -0.39 is 0 Å². The third-order valence-corrected chi connectivity index (χ3v) is 6.68. The maximum Gasteiger partial charge on any atom is 0.198 e. The zero-order chi connectivity index (χ0) is 26.5. The van der Waals surface area contributed by atoms with Gasteiger partial charge >= 0.3 is 0 Å². The van der Waals surface area contributed by atoms with Gasteiger partial charge in [-0.2, -0.15) is 0 Å². The van der Waals surface area contributed by atoms with Crippen LogP contribution in [0.15, 0.2) is 157 Å². The van der Waals surface area contributed by atoms with E-state index in [1.54, 1.807) is 0 Å². The number of hydrogen-bond acceptors (Lipinski definition) is 1. The van der Waals surface area contributed by atoms with Gasteiger partial charge in [0.1, 0.15) is 0 Å². The summed E-state index contributed by atoms with van der Waals surface area (Å²) in [5, 5.41) is 0. The van der Waals surface area contributed by atoms with Crippen LogP contribution in [0, 0.1) is 0 Å². The van der Waals surface area contributed by atoms with Crippen molar-refractivity contribution in [3.05, 3.63) is 179 Å². The molecule has 0 unspecified atom stereocenters. The lowest BCUT2D eigenvalue weighted by atomic mass is 10.1. The van der Waals surface area contributed by atoms with E-state index in [-0.39, 0.29) is 0 Å². The van der Waals surface area contributed by atoms with Gasteiger partial charge in [0.15, 0.2) is 5.96 Å². The van der Waals surface area contributed by atoms with Crippen molar-refractivity contribution in [3.63, 3.8) is 0 Å². The molecule has 5 aromatic carbocycles. The molecule has 0 bridgehead atoms. The molecule has 5 aromatic rings. The van der Waals surface area contributed by atoms with Gasteiger partial charge in [0.25, 0.3) is 0 Å². The Morgan fingerprint density at radius 3 is 0.897 bits per heavy atom. The number of benzene rings is 5. The van der Waals surface area contributed by atoms with Gasteiger partial charge in [0.2, 0.25) is 0 Å². The number of rotatable bonds is 10. The Hall–Kier alpha value is -4.63. The fourth-order valence-corrected chi connectivity index (χ4v) is 4.76. The third-order valence-electron chi connectivity index (χ3n) is 6.68. The van der Waals surface area contributed by atoms with Crippen LogP contribution >= 0.6 is 0 Å². The number of hydrogen-bond donors (Lipinski definition) is 0. The molecule has 0 aromatic heterocycles. The van der Waals surface area contributed by atoms with Crippen LogP contribution in [-0.4, -0.2) is 15.8 Å². The zero-order valence-electron chi connectivity index (χ0n) is 22.3. The van der Waals surface area contributed by atoms with Gasteiger partial charge in [-0.1, -0.05) is 152 Å². The fraction of sp³-hybridized carbons (Fsp3) is 0.139. The molecule has 0 heterocycles. The van der Waals surface area contributed by atoms with E-state index in [0.29, 0.717) is 6.54 Å². The average Bonchev–Trinajstić information content (AvgIpc) is 3.00. The molecule has 0 aliphatic carbocycles. The van der Waals surface area contributed by atoms with Crippen LogP contribution in [0.3, 0.4) is 0 Å². The van der Waals surface area contributed by atoms with Crippen LogP contribution in [0.1, 0.15) is 27.8 Å². The van der Waals surface area contributed by atoms with Gasteiger partial charge in [0.05, 0.1) is 6.54 Å². The zero-order valence-corrected chi connectivity index (χ0v) is 22.3. The van der Waals surface area contributed by atoms with Crippen LogP contribution in [0.25, 0.3) is 0 Å². The lowest BCUT2D eigenvalue weighted by molar-refractivity contribution is 0.293. The Kier molecular flexibility index (Phi) is 9.19. The summed E-state index contributed by atoms with van der Waals surface area (Å²) in [6, 6.07) is 53.3. The Morgan fingerprint density at radius 2 is 0.615 bits per heavy atom. The smallest absolute Gasteiger partial charge is 0.198 e. The number of nitrogens with zero attached hydrogens (tertiary/aromatic N) is 3. The Labute approximate surface area is 232 Å². The molecule has 3 heteroatoms. The van der Waals surface area contributed by atoms with E-state index in [0.717, 1.165) is 32.1 Å². The predicted octanol–water partition coefficient (Wildman–Crippen LogP) is 7.95. The lowest BCUT2D eigenvalue weighted by Gasteiger charge is -2.35. The molecular formula is C36H35N3. The van der Waals surface area contributed by atoms with Crippen LogP contribution in [0.5, 0.6) is 0 Å².